The number of carbonyl (C=O) groups is 1. The molecule has 1 unspecified atom stereocenters. The highest BCUT2D eigenvalue weighted by atomic mass is 16.5. The molecule has 31 heavy (non-hydrogen) atoms. The molecule has 2 aromatic heterocycles. The van der Waals surface area contributed by atoms with Gasteiger partial charge < -0.3 is 19.7 Å². The lowest BCUT2D eigenvalue weighted by molar-refractivity contribution is -0.130. The van der Waals surface area contributed by atoms with Crippen LogP contribution in [0.5, 0.6) is 5.75 Å². The van der Waals surface area contributed by atoms with Crippen LogP contribution in [-0.2, 0) is 16.1 Å². The summed E-state index contributed by atoms with van der Waals surface area (Å²) < 4.78 is 11.0. The first-order chi connectivity index (χ1) is 15.2. The van der Waals surface area contributed by atoms with Gasteiger partial charge in [-0.25, -0.2) is 9.97 Å². The molecule has 1 saturated heterocycles. The number of aromatic amines is 1. The highest BCUT2D eigenvalue weighted by molar-refractivity contribution is 5.93. The number of nitrogens with one attached hydrogen (secondary N) is 2. The monoisotopic (exact) mass is 424 g/mol. The van der Waals surface area contributed by atoms with Crippen molar-refractivity contribution in [2.75, 3.05) is 31.6 Å². The van der Waals surface area contributed by atoms with E-state index in [0.717, 1.165) is 67.1 Å². The summed E-state index contributed by atoms with van der Waals surface area (Å²) >= 11 is 0. The number of hydrogen-bond acceptors (Lipinski definition) is 8. The molecule has 3 heterocycles. The quantitative estimate of drug-likeness (QED) is 0.479. The van der Waals surface area contributed by atoms with E-state index < -0.39 is 0 Å². The van der Waals surface area contributed by atoms with E-state index in [1.54, 1.807) is 0 Å². The first-order valence-corrected chi connectivity index (χ1v) is 10.7. The fourth-order valence-corrected chi connectivity index (χ4v) is 3.79. The minimum Gasteiger partial charge on any atom is -0.491 e. The SMILES string of the molecule is CNCCC(C)Oc1ccc2[nH]nc(-c3cc(N4CCCC4)nc(COC=O)n3)c2c1. The molecule has 9 nitrogen and oxygen atoms in total. The minimum atomic E-state index is 0.0257. The Morgan fingerprint density at radius 2 is 2.10 bits per heavy atom. The number of carbonyl (C=O) groups excluding carboxylic acids is 1. The van der Waals surface area contributed by atoms with Crippen molar-refractivity contribution in [3.8, 4) is 17.1 Å². The van der Waals surface area contributed by atoms with Crippen molar-refractivity contribution in [2.24, 2.45) is 0 Å². The van der Waals surface area contributed by atoms with Crippen LogP contribution in [0.3, 0.4) is 0 Å². The lowest BCUT2D eigenvalue weighted by Gasteiger charge is -2.17. The van der Waals surface area contributed by atoms with Crippen molar-refractivity contribution in [2.45, 2.75) is 38.9 Å². The standard InChI is InChI=1S/C22H28N6O3/c1-15(7-8-23-2)31-16-5-6-18-17(11-16)22(27-26-18)19-12-21(28-9-3-4-10-28)25-20(24-19)13-30-14-29/h5-6,11-12,14-15,23H,3-4,7-10,13H2,1-2H3,(H,26,27). The van der Waals surface area contributed by atoms with E-state index in [1.165, 1.54) is 0 Å². The minimum absolute atomic E-state index is 0.0257. The number of rotatable bonds is 10. The van der Waals surface area contributed by atoms with Gasteiger partial charge in [0.15, 0.2) is 12.4 Å². The maximum Gasteiger partial charge on any atom is 0.293 e. The zero-order valence-electron chi connectivity index (χ0n) is 17.9. The van der Waals surface area contributed by atoms with Crippen LogP contribution in [0.4, 0.5) is 5.82 Å². The fraction of sp³-hybridized carbons (Fsp3) is 0.455. The van der Waals surface area contributed by atoms with Crippen molar-refractivity contribution in [1.82, 2.24) is 25.5 Å². The number of ether oxygens (including phenoxy) is 2. The third-order valence-corrected chi connectivity index (χ3v) is 5.38. The van der Waals surface area contributed by atoms with Crippen molar-refractivity contribution >= 4 is 23.2 Å². The largest absolute Gasteiger partial charge is 0.491 e. The second-order valence-corrected chi connectivity index (χ2v) is 7.73. The molecule has 1 fully saturated rings. The highest BCUT2D eigenvalue weighted by Crippen LogP contribution is 2.31. The number of fused-ring (bicyclic) bond motifs is 1. The Labute approximate surface area is 181 Å². The van der Waals surface area contributed by atoms with Crippen molar-refractivity contribution in [1.29, 1.82) is 0 Å². The lowest BCUT2D eigenvalue weighted by Crippen LogP contribution is -2.20. The molecule has 1 atom stereocenters. The summed E-state index contributed by atoms with van der Waals surface area (Å²) in [6.45, 7) is 5.30. The zero-order chi connectivity index (χ0) is 21.6. The van der Waals surface area contributed by atoms with Crippen LogP contribution in [0, 0.1) is 0 Å². The van der Waals surface area contributed by atoms with E-state index in [-0.39, 0.29) is 12.7 Å². The molecule has 0 spiro atoms. The Morgan fingerprint density at radius 3 is 2.87 bits per heavy atom. The highest BCUT2D eigenvalue weighted by Gasteiger charge is 2.19. The van der Waals surface area contributed by atoms with Crippen LogP contribution >= 0.6 is 0 Å². The maximum atomic E-state index is 10.7. The normalized spacial score (nSPS) is 14.7. The van der Waals surface area contributed by atoms with Gasteiger partial charge in [0, 0.05) is 24.5 Å². The predicted molar refractivity (Wildman–Crippen MR) is 118 cm³/mol. The van der Waals surface area contributed by atoms with Crippen molar-refractivity contribution in [3.63, 3.8) is 0 Å². The maximum absolute atomic E-state index is 10.7. The first kappa shape index (κ1) is 21.0. The molecule has 1 aromatic carbocycles. The van der Waals surface area contributed by atoms with Crippen LogP contribution in [-0.4, -0.2) is 59.4 Å². The van der Waals surface area contributed by atoms with Gasteiger partial charge in [-0.15, -0.1) is 0 Å². The molecular formula is C22H28N6O3. The smallest absolute Gasteiger partial charge is 0.293 e. The third kappa shape index (κ3) is 4.93. The Hall–Kier alpha value is -3.20. The summed E-state index contributed by atoms with van der Waals surface area (Å²) in [5.74, 6) is 2.07. The number of anilines is 1. The van der Waals surface area contributed by atoms with Crippen LogP contribution in [0.15, 0.2) is 24.3 Å². The third-order valence-electron chi connectivity index (χ3n) is 5.38. The zero-order valence-corrected chi connectivity index (χ0v) is 17.9. The molecule has 0 radical (unpaired) electrons. The molecule has 0 aliphatic carbocycles. The summed E-state index contributed by atoms with van der Waals surface area (Å²) in [5, 5.41) is 11.7. The lowest BCUT2D eigenvalue weighted by atomic mass is 10.1. The fourth-order valence-electron chi connectivity index (χ4n) is 3.79. The Morgan fingerprint density at radius 1 is 1.26 bits per heavy atom. The van der Waals surface area contributed by atoms with Gasteiger partial charge in [0.2, 0.25) is 0 Å². The van der Waals surface area contributed by atoms with Gasteiger partial charge in [-0.1, -0.05) is 0 Å². The van der Waals surface area contributed by atoms with Gasteiger partial charge in [0.05, 0.1) is 17.3 Å². The summed E-state index contributed by atoms with van der Waals surface area (Å²) in [5.41, 5.74) is 2.31. The molecule has 1 aliphatic heterocycles. The summed E-state index contributed by atoms with van der Waals surface area (Å²) in [6.07, 6.45) is 3.28. The van der Waals surface area contributed by atoms with Gasteiger partial charge in [-0.05, 0) is 58.0 Å². The molecule has 3 aromatic rings. The summed E-state index contributed by atoms with van der Waals surface area (Å²) in [7, 11) is 1.93. The first-order valence-electron chi connectivity index (χ1n) is 10.7. The molecule has 164 valence electrons. The number of benzene rings is 1. The second kappa shape index (κ2) is 9.74. The molecule has 4 rings (SSSR count). The topological polar surface area (TPSA) is 105 Å². The average Bonchev–Trinajstić information content (AvgIpc) is 3.46. The Balaban J connectivity index is 1.68. The van der Waals surface area contributed by atoms with Gasteiger partial charge in [0.1, 0.15) is 17.3 Å². The van der Waals surface area contributed by atoms with Gasteiger partial charge in [0.25, 0.3) is 6.47 Å². The number of nitrogens with zero attached hydrogens (tertiary/aromatic N) is 4. The van der Waals surface area contributed by atoms with Crippen molar-refractivity contribution in [3.05, 3.63) is 30.1 Å². The Bertz CT molecular complexity index is 1030. The second-order valence-electron chi connectivity index (χ2n) is 7.73. The molecule has 0 bridgehead atoms. The Kier molecular flexibility index (Phi) is 6.61. The van der Waals surface area contributed by atoms with E-state index in [4.69, 9.17) is 9.47 Å². The van der Waals surface area contributed by atoms with Crippen molar-refractivity contribution < 1.29 is 14.3 Å². The van der Waals surface area contributed by atoms with Gasteiger partial charge in [-0.2, -0.15) is 5.10 Å². The summed E-state index contributed by atoms with van der Waals surface area (Å²) in [6, 6.07) is 7.85. The van der Waals surface area contributed by atoms with E-state index in [9.17, 15) is 4.79 Å². The molecular weight excluding hydrogens is 396 g/mol. The van der Waals surface area contributed by atoms with Crippen LogP contribution in [0.1, 0.15) is 32.0 Å². The molecule has 2 N–H and O–H groups in total. The molecule has 9 heteroatoms. The number of aromatic nitrogens is 4. The predicted octanol–water partition coefficient (Wildman–Crippen LogP) is 2.67. The molecule has 0 saturated carbocycles. The van der Waals surface area contributed by atoms with Crippen LogP contribution in [0.25, 0.3) is 22.3 Å². The summed E-state index contributed by atoms with van der Waals surface area (Å²) in [4.78, 5) is 22.1. The van der Waals surface area contributed by atoms with Gasteiger partial charge in [-0.3, -0.25) is 9.89 Å². The van der Waals surface area contributed by atoms with E-state index in [0.29, 0.717) is 18.0 Å². The van der Waals surface area contributed by atoms with Crippen LogP contribution < -0.4 is 15.0 Å². The molecule has 1 aliphatic rings. The average molecular weight is 425 g/mol. The van der Waals surface area contributed by atoms with E-state index in [1.807, 2.05) is 31.3 Å². The van der Waals surface area contributed by atoms with Crippen LogP contribution in [0.2, 0.25) is 0 Å². The molecule has 0 amide bonds. The number of hydrogen-bond donors (Lipinski definition) is 2. The van der Waals surface area contributed by atoms with Gasteiger partial charge >= 0.3 is 0 Å². The van der Waals surface area contributed by atoms with E-state index in [2.05, 4.69) is 37.3 Å². The number of H-pyrrole nitrogens is 1. The van der Waals surface area contributed by atoms with E-state index >= 15 is 0 Å².